The van der Waals surface area contributed by atoms with Crippen LogP contribution in [0.4, 0.5) is 0 Å². The highest BCUT2D eigenvalue weighted by molar-refractivity contribution is 6.42. The Morgan fingerprint density at radius 3 is 2.42 bits per heavy atom. The van der Waals surface area contributed by atoms with E-state index in [1.165, 1.54) is 0 Å². The number of benzene rings is 1. The third kappa shape index (κ3) is 3.14. The minimum Gasteiger partial charge on any atom is -0.466 e. The second kappa shape index (κ2) is 6.00. The van der Waals surface area contributed by atoms with Crippen molar-refractivity contribution in [1.82, 2.24) is 5.32 Å². The van der Waals surface area contributed by atoms with Gasteiger partial charge < -0.3 is 9.73 Å². The van der Waals surface area contributed by atoms with Crippen LogP contribution in [0, 0.1) is 13.8 Å². The minimum absolute atomic E-state index is 0.0669. The molecular weight excluding hydrogens is 281 g/mol. The molecule has 19 heavy (non-hydrogen) atoms. The lowest BCUT2D eigenvalue weighted by atomic mass is 9.99. The third-order valence-corrected chi connectivity index (χ3v) is 3.81. The maximum atomic E-state index is 6.11. The maximum absolute atomic E-state index is 6.11. The van der Waals surface area contributed by atoms with E-state index in [1.807, 2.05) is 32.0 Å². The Morgan fingerprint density at radius 2 is 1.89 bits per heavy atom. The summed E-state index contributed by atoms with van der Waals surface area (Å²) in [7, 11) is 0. The van der Waals surface area contributed by atoms with Crippen molar-refractivity contribution in [2.75, 3.05) is 6.54 Å². The first kappa shape index (κ1) is 14.4. The fourth-order valence-corrected chi connectivity index (χ4v) is 2.55. The molecule has 0 amide bonds. The average molecular weight is 298 g/mol. The van der Waals surface area contributed by atoms with Crippen LogP contribution in [-0.4, -0.2) is 6.54 Å². The predicted molar refractivity (Wildman–Crippen MR) is 80.2 cm³/mol. The Balaban J connectivity index is 2.44. The van der Waals surface area contributed by atoms with E-state index in [-0.39, 0.29) is 6.04 Å². The molecule has 2 nitrogen and oxygen atoms in total. The summed E-state index contributed by atoms with van der Waals surface area (Å²) in [5, 5.41) is 4.59. The monoisotopic (exact) mass is 297 g/mol. The first-order valence-corrected chi connectivity index (χ1v) is 7.03. The zero-order valence-electron chi connectivity index (χ0n) is 11.3. The molecule has 0 saturated carbocycles. The largest absolute Gasteiger partial charge is 0.466 e. The van der Waals surface area contributed by atoms with Gasteiger partial charge >= 0.3 is 0 Å². The lowest BCUT2D eigenvalue weighted by molar-refractivity contribution is 0.495. The molecule has 0 spiro atoms. The van der Waals surface area contributed by atoms with Gasteiger partial charge in [-0.3, -0.25) is 0 Å². The molecule has 0 saturated heterocycles. The summed E-state index contributed by atoms with van der Waals surface area (Å²) in [6, 6.07) is 7.84. The van der Waals surface area contributed by atoms with Crippen molar-refractivity contribution < 1.29 is 4.42 Å². The number of nitrogens with one attached hydrogen (secondary N) is 1. The highest BCUT2D eigenvalue weighted by Gasteiger charge is 2.19. The van der Waals surface area contributed by atoms with Gasteiger partial charge in [0.25, 0.3) is 0 Å². The van der Waals surface area contributed by atoms with Crippen molar-refractivity contribution in [3.05, 3.63) is 57.0 Å². The van der Waals surface area contributed by atoms with Gasteiger partial charge in [0.1, 0.15) is 11.5 Å². The van der Waals surface area contributed by atoms with Gasteiger partial charge in [0.05, 0.1) is 16.1 Å². The number of hydrogen-bond donors (Lipinski definition) is 1. The van der Waals surface area contributed by atoms with Crippen molar-refractivity contribution in [1.29, 1.82) is 0 Å². The molecule has 1 atom stereocenters. The van der Waals surface area contributed by atoms with Crippen LogP contribution in [0.3, 0.4) is 0 Å². The van der Waals surface area contributed by atoms with Crippen LogP contribution < -0.4 is 5.32 Å². The quantitative estimate of drug-likeness (QED) is 0.868. The van der Waals surface area contributed by atoms with Gasteiger partial charge in [-0.2, -0.15) is 0 Å². The van der Waals surface area contributed by atoms with Gasteiger partial charge in [-0.15, -0.1) is 0 Å². The van der Waals surface area contributed by atoms with E-state index in [9.17, 15) is 0 Å². The molecule has 0 aliphatic rings. The van der Waals surface area contributed by atoms with Crippen molar-refractivity contribution >= 4 is 23.2 Å². The number of rotatable bonds is 4. The molecule has 1 aromatic carbocycles. The predicted octanol–water partition coefficient (Wildman–Crippen LogP) is 4.90. The molecule has 4 heteroatoms. The zero-order valence-corrected chi connectivity index (χ0v) is 12.8. The smallest absolute Gasteiger partial charge is 0.106 e. The second-order valence-corrected chi connectivity index (χ2v) is 5.35. The Hall–Kier alpha value is -0.960. The fourth-order valence-electron chi connectivity index (χ4n) is 2.24. The van der Waals surface area contributed by atoms with Gasteiger partial charge in [-0.1, -0.05) is 36.2 Å². The minimum atomic E-state index is 0.0669. The molecule has 0 aliphatic carbocycles. The molecule has 0 aliphatic heterocycles. The Kier molecular flexibility index (Phi) is 4.56. The zero-order chi connectivity index (χ0) is 14.0. The van der Waals surface area contributed by atoms with Crippen molar-refractivity contribution in [2.24, 2.45) is 0 Å². The van der Waals surface area contributed by atoms with Crippen molar-refractivity contribution in [3.8, 4) is 0 Å². The van der Waals surface area contributed by atoms with E-state index in [4.69, 9.17) is 27.6 Å². The average Bonchev–Trinajstić information content (AvgIpc) is 2.69. The van der Waals surface area contributed by atoms with Gasteiger partial charge in [-0.05, 0) is 44.2 Å². The maximum Gasteiger partial charge on any atom is 0.106 e. The Bertz CT molecular complexity index is 578. The van der Waals surface area contributed by atoms with Crippen molar-refractivity contribution in [3.63, 3.8) is 0 Å². The first-order valence-electron chi connectivity index (χ1n) is 6.28. The number of aryl methyl sites for hydroxylation is 2. The molecule has 0 radical (unpaired) electrons. The van der Waals surface area contributed by atoms with Crippen LogP contribution >= 0.6 is 23.2 Å². The standard InChI is InChI=1S/C15H17Cl2NO/c1-4-18-15(12-7-9(2)19-10(12)3)11-5-6-13(16)14(17)8-11/h5-8,15,18H,4H2,1-3H3. The molecule has 102 valence electrons. The number of hydrogen-bond acceptors (Lipinski definition) is 2. The third-order valence-electron chi connectivity index (χ3n) is 3.08. The van der Waals surface area contributed by atoms with E-state index < -0.39 is 0 Å². The van der Waals surface area contributed by atoms with E-state index >= 15 is 0 Å². The Morgan fingerprint density at radius 1 is 1.16 bits per heavy atom. The van der Waals surface area contributed by atoms with Crippen LogP contribution in [-0.2, 0) is 0 Å². The molecular formula is C15H17Cl2NO. The van der Waals surface area contributed by atoms with Gasteiger partial charge in [0.15, 0.2) is 0 Å². The highest BCUT2D eigenvalue weighted by Crippen LogP contribution is 2.31. The SMILES string of the molecule is CCNC(c1ccc(Cl)c(Cl)c1)c1cc(C)oc1C. The highest BCUT2D eigenvalue weighted by atomic mass is 35.5. The van der Waals surface area contributed by atoms with E-state index in [2.05, 4.69) is 18.3 Å². The lowest BCUT2D eigenvalue weighted by Crippen LogP contribution is -2.22. The summed E-state index contributed by atoms with van der Waals surface area (Å²) in [6.45, 7) is 6.86. The summed E-state index contributed by atoms with van der Waals surface area (Å²) >= 11 is 12.1. The molecule has 1 N–H and O–H groups in total. The fraction of sp³-hybridized carbons (Fsp3) is 0.333. The van der Waals surface area contributed by atoms with E-state index in [0.29, 0.717) is 10.0 Å². The van der Waals surface area contributed by atoms with Crippen LogP contribution in [0.2, 0.25) is 10.0 Å². The van der Waals surface area contributed by atoms with Crippen LogP contribution in [0.5, 0.6) is 0 Å². The molecule has 1 aromatic heterocycles. The molecule has 2 aromatic rings. The molecule has 1 heterocycles. The van der Waals surface area contributed by atoms with Gasteiger partial charge in [0, 0.05) is 5.56 Å². The van der Waals surface area contributed by atoms with Crippen molar-refractivity contribution in [2.45, 2.75) is 26.8 Å². The molecule has 0 fully saturated rings. The van der Waals surface area contributed by atoms with Gasteiger partial charge in [-0.25, -0.2) is 0 Å². The van der Waals surface area contributed by atoms with E-state index in [1.54, 1.807) is 0 Å². The lowest BCUT2D eigenvalue weighted by Gasteiger charge is -2.18. The molecule has 2 rings (SSSR count). The summed E-state index contributed by atoms with van der Waals surface area (Å²) in [6.07, 6.45) is 0. The molecule has 1 unspecified atom stereocenters. The normalized spacial score (nSPS) is 12.7. The number of halogens is 2. The summed E-state index contributed by atoms with van der Waals surface area (Å²) in [5.41, 5.74) is 2.22. The second-order valence-electron chi connectivity index (χ2n) is 4.53. The first-order chi connectivity index (χ1) is 9.02. The van der Waals surface area contributed by atoms with Crippen LogP contribution in [0.25, 0.3) is 0 Å². The summed E-state index contributed by atoms with van der Waals surface area (Å²) in [4.78, 5) is 0. The Labute approximate surface area is 123 Å². The van der Waals surface area contributed by atoms with Crippen LogP contribution in [0.15, 0.2) is 28.7 Å². The summed E-state index contributed by atoms with van der Waals surface area (Å²) < 4.78 is 5.62. The summed E-state index contributed by atoms with van der Waals surface area (Å²) in [5.74, 6) is 1.84. The number of furan rings is 1. The topological polar surface area (TPSA) is 25.2 Å². The van der Waals surface area contributed by atoms with Crippen LogP contribution in [0.1, 0.15) is 35.6 Å². The van der Waals surface area contributed by atoms with E-state index in [0.717, 1.165) is 29.2 Å². The molecule has 0 bridgehead atoms. The van der Waals surface area contributed by atoms with Gasteiger partial charge in [0.2, 0.25) is 0 Å².